The van der Waals surface area contributed by atoms with Gasteiger partial charge in [-0.1, -0.05) is 0 Å². The van der Waals surface area contributed by atoms with E-state index < -0.39 is 10.0 Å². The highest BCUT2D eigenvalue weighted by molar-refractivity contribution is 7.89. The first kappa shape index (κ1) is 14.2. The van der Waals surface area contributed by atoms with E-state index in [1.807, 2.05) is 6.92 Å². The van der Waals surface area contributed by atoms with Crippen molar-refractivity contribution in [3.8, 4) is 0 Å². The minimum atomic E-state index is -3.06. The third-order valence-electron chi connectivity index (χ3n) is 2.54. The molecule has 0 aromatic heterocycles. The topological polar surface area (TPSA) is 63.4 Å². The van der Waals surface area contributed by atoms with E-state index in [0.717, 1.165) is 12.8 Å². The van der Waals surface area contributed by atoms with Crippen LogP contribution in [0.4, 0.5) is 0 Å². The lowest BCUT2D eigenvalue weighted by Gasteiger charge is -2.22. The first-order valence-electron chi connectivity index (χ1n) is 4.63. The molecule has 1 unspecified atom stereocenters. The van der Waals surface area contributed by atoms with E-state index in [0.29, 0.717) is 18.2 Å². The maximum absolute atomic E-state index is 11.7. The van der Waals surface area contributed by atoms with Gasteiger partial charge < -0.3 is 5.73 Å². The van der Waals surface area contributed by atoms with Gasteiger partial charge in [-0.3, -0.25) is 0 Å². The van der Waals surface area contributed by atoms with Crippen molar-refractivity contribution in [2.45, 2.75) is 25.8 Å². The highest BCUT2D eigenvalue weighted by Gasteiger charge is 2.31. The minimum Gasteiger partial charge on any atom is -0.329 e. The zero-order valence-electron chi connectivity index (χ0n) is 8.64. The number of sulfonamides is 1. The van der Waals surface area contributed by atoms with E-state index in [1.54, 1.807) is 7.05 Å². The zero-order chi connectivity index (χ0) is 10.1. The van der Waals surface area contributed by atoms with Crippen LogP contribution in [-0.2, 0) is 10.0 Å². The van der Waals surface area contributed by atoms with Crippen molar-refractivity contribution in [2.24, 2.45) is 11.7 Å². The van der Waals surface area contributed by atoms with Gasteiger partial charge in [0.15, 0.2) is 0 Å². The number of nitrogens with two attached hydrogens (primary N) is 1. The molecule has 0 aromatic carbocycles. The van der Waals surface area contributed by atoms with Gasteiger partial charge in [0.2, 0.25) is 10.0 Å². The van der Waals surface area contributed by atoms with Crippen molar-refractivity contribution >= 4 is 22.4 Å². The summed E-state index contributed by atoms with van der Waals surface area (Å²) in [6, 6.07) is -0.0938. The van der Waals surface area contributed by atoms with Crippen molar-refractivity contribution in [1.29, 1.82) is 0 Å². The van der Waals surface area contributed by atoms with Gasteiger partial charge in [-0.2, -0.15) is 0 Å². The fourth-order valence-corrected chi connectivity index (χ4v) is 2.92. The smallest absolute Gasteiger partial charge is 0.214 e. The Morgan fingerprint density at radius 2 is 2.00 bits per heavy atom. The summed E-state index contributed by atoms with van der Waals surface area (Å²) in [5.41, 5.74) is 5.41. The summed E-state index contributed by atoms with van der Waals surface area (Å²) in [5, 5.41) is 0. The first-order valence-corrected chi connectivity index (χ1v) is 6.24. The number of hydrogen-bond acceptors (Lipinski definition) is 3. The number of likely N-dealkylation sites (N-methyl/N-ethyl adjacent to an activating group) is 1. The quantitative estimate of drug-likeness (QED) is 0.761. The molecule has 4 nitrogen and oxygen atoms in total. The molecule has 1 aliphatic carbocycles. The molecule has 0 saturated heterocycles. The molecule has 86 valence electrons. The second-order valence-corrected chi connectivity index (χ2v) is 5.90. The molecule has 1 aliphatic rings. The van der Waals surface area contributed by atoms with Crippen molar-refractivity contribution in [1.82, 2.24) is 4.31 Å². The predicted molar refractivity (Wildman–Crippen MR) is 60.0 cm³/mol. The van der Waals surface area contributed by atoms with Gasteiger partial charge >= 0.3 is 0 Å². The number of hydrogen-bond donors (Lipinski definition) is 1. The fraction of sp³-hybridized carbons (Fsp3) is 1.00. The van der Waals surface area contributed by atoms with Gasteiger partial charge in [0.05, 0.1) is 5.75 Å². The molecule has 0 spiro atoms. The Bertz CT molecular complexity index is 265. The Hall–Kier alpha value is 0.160. The summed E-state index contributed by atoms with van der Waals surface area (Å²) in [6.45, 7) is 2.20. The number of rotatable bonds is 5. The average molecular weight is 243 g/mol. The molecule has 0 aromatic rings. The third-order valence-corrected chi connectivity index (χ3v) is 4.67. The Labute approximate surface area is 92.3 Å². The van der Waals surface area contributed by atoms with E-state index in [9.17, 15) is 8.42 Å². The summed E-state index contributed by atoms with van der Waals surface area (Å²) in [7, 11) is -1.45. The average Bonchev–Trinajstić information content (AvgIpc) is 2.84. The van der Waals surface area contributed by atoms with Gasteiger partial charge in [-0.05, 0) is 25.7 Å². The number of halogens is 1. The van der Waals surface area contributed by atoms with Crippen LogP contribution in [0.5, 0.6) is 0 Å². The Morgan fingerprint density at radius 3 is 2.36 bits per heavy atom. The monoisotopic (exact) mass is 242 g/mol. The lowest BCUT2D eigenvalue weighted by Crippen LogP contribution is -2.41. The highest BCUT2D eigenvalue weighted by atomic mass is 35.5. The van der Waals surface area contributed by atoms with Crippen LogP contribution in [0, 0.1) is 5.92 Å². The van der Waals surface area contributed by atoms with Crippen molar-refractivity contribution < 1.29 is 8.42 Å². The van der Waals surface area contributed by atoms with Crippen LogP contribution in [0.3, 0.4) is 0 Å². The van der Waals surface area contributed by atoms with Gasteiger partial charge in [-0.25, -0.2) is 12.7 Å². The Morgan fingerprint density at radius 1 is 1.50 bits per heavy atom. The number of nitrogens with zero attached hydrogens (tertiary/aromatic N) is 1. The van der Waals surface area contributed by atoms with E-state index in [4.69, 9.17) is 5.73 Å². The van der Waals surface area contributed by atoms with Crippen LogP contribution in [-0.4, -0.2) is 38.1 Å². The standard InChI is InChI=1S/C8H18N2O2S.ClH/c1-7(5-9)10(2)13(11,12)6-8-3-4-8;/h7-8H,3-6,9H2,1-2H3;1H. The second-order valence-electron chi connectivity index (χ2n) is 3.82. The molecule has 0 heterocycles. The van der Waals surface area contributed by atoms with Crippen molar-refractivity contribution in [2.75, 3.05) is 19.3 Å². The SMILES string of the molecule is CC(CN)N(C)S(=O)(=O)CC1CC1.Cl. The van der Waals surface area contributed by atoms with E-state index >= 15 is 0 Å². The molecule has 0 amide bonds. The lowest BCUT2D eigenvalue weighted by molar-refractivity contribution is 0.393. The summed E-state index contributed by atoms with van der Waals surface area (Å²) in [4.78, 5) is 0. The molecule has 14 heavy (non-hydrogen) atoms. The normalized spacial score (nSPS) is 19.1. The molecule has 2 N–H and O–H groups in total. The molecule has 1 atom stereocenters. The van der Waals surface area contributed by atoms with Crippen molar-refractivity contribution in [3.05, 3.63) is 0 Å². The predicted octanol–water partition coefficient (Wildman–Crippen LogP) is 0.427. The summed E-state index contributed by atoms with van der Waals surface area (Å²) < 4.78 is 24.7. The summed E-state index contributed by atoms with van der Waals surface area (Å²) in [6.07, 6.45) is 2.12. The first-order chi connectivity index (χ1) is 5.97. The minimum absolute atomic E-state index is 0. The molecule has 0 radical (unpaired) electrons. The molecule has 1 rings (SSSR count). The van der Waals surface area contributed by atoms with Crippen LogP contribution < -0.4 is 5.73 Å². The fourth-order valence-electron chi connectivity index (χ4n) is 1.12. The lowest BCUT2D eigenvalue weighted by atomic mass is 10.4. The van der Waals surface area contributed by atoms with Gasteiger partial charge in [0.25, 0.3) is 0 Å². The molecule has 1 fully saturated rings. The van der Waals surface area contributed by atoms with Crippen LogP contribution >= 0.6 is 12.4 Å². The van der Waals surface area contributed by atoms with Crippen LogP contribution in [0.2, 0.25) is 0 Å². The van der Waals surface area contributed by atoms with Crippen LogP contribution in [0.1, 0.15) is 19.8 Å². The third kappa shape index (κ3) is 3.73. The Balaban J connectivity index is 0.00000169. The highest BCUT2D eigenvalue weighted by Crippen LogP contribution is 2.31. The van der Waals surface area contributed by atoms with Crippen molar-refractivity contribution in [3.63, 3.8) is 0 Å². The second kappa shape index (κ2) is 5.30. The largest absolute Gasteiger partial charge is 0.329 e. The molecule has 0 aliphatic heterocycles. The molecular weight excluding hydrogens is 224 g/mol. The summed E-state index contributed by atoms with van der Waals surface area (Å²) in [5.74, 6) is 0.700. The maximum Gasteiger partial charge on any atom is 0.214 e. The molecule has 0 bridgehead atoms. The molecular formula is C8H19ClN2O2S. The zero-order valence-corrected chi connectivity index (χ0v) is 10.3. The van der Waals surface area contributed by atoms with Crippen LogP contribution in [0.25, 0.3) is 0 Å². The molecule has 6 heteroatoms. The summed E-state index contributed by atoms with van der Waals surface area (Å²) >= 11 is 0. The van der Waals surface area contributed by atoms with E-state index in [1.165, 1.54) is 4.31 Å². The van der Waals surface area contributed by atoms with Gasteiger partial charge in [-0.15, -0.1) is 12.4 Å². The van der Waals surface area contributed by atoms with E-state index in [-0.39, 0.29) is 18.4 Å². The maximum atomic E-state index is 11.7. The Kier molecular flexibility index (Phi) is 5.36. The van der Waals surface area contributed by atoms with Gasteiger partial charge in [0.1, 0.15) is 0 Å². The van der Waals surface area contributed by atoms with Crippen LogP contribution in [0.15, 0.2) is 0 Å². The molecule has 1 saturated carbocycles. The van der Waals surface area contributed by atoms with Gasteiger partial charge in [0, 0.05) is 19.6 Å². The van der Waals surface area contributed by atoms with E-state index in [2.05, 4.69) is 0 Å².